The third-order valence-corrected chi connectivity index (χ3v) is 4.15. The Morgan fingerprint density at radius 2 is 2.10 bits per heavy atom. The normalized spacial score (nSPS) is 24.1. The van der Waals surface area contributed by atoms with Crippen molar-refractivity contribution in [2.24, 2.45) is 0 Å². The summed E-state index contributed by atoms with van der Waals surface area (Å²) in [6.07, 6.45) is 3.49. The van der Waals surface area contributed by atoms with Crippen LogP contribution in [0.15, 0.2) is 18.2 Å². The molecule has 0 saturated carbocycles. The number of nitrogens with zero attached hydrogens (tertiary/aromatic N) is 2. The van der Waals surface area contributed by atoms with E-state index in [-0.39, 0.29) is 22.8 Å². The number of fused-ring (bicyclic) bond motifs is 2. The van der Waals surface area contributed by atoms with E-state index in [2.05, 4.69) is 10.2 Å². The topological polar surface area (TPSA) is 67.6 Å². The molecular formula is C15H21N3O3. The number of hydrogen-bond donors (Lipinski definition) is 1. The first-order chi connectivity index (χ1) is 10.2. The highest BCUT2D eigenvalue weighted by Gasteiger charge is 2.36. The zero-order valence-electron chi connectivity index (χ0n) is 12.2. The first-order valence-corrected chi connectivity index (χ1v) is 7.60. The second kappa shape index (κ2) is 5.89. The third kappa shape index (κ3) is 2.81. The minimum atomic E-state index is -0.273. The van der Waals surface area contributed by atoms with Crippen molar-refractivity contribution in [1.29, 1.82) is 0 Å². The van der Waals surface area contributed by atoms with Gasteiger partial charge in [-0.3, -0.25) is 10.1 Å². The van der Waals surface area contributed by atoms with Gasteiger partial charge >= 0.3 is 5.69 Å². The van der Waals surface area contributed by atoms with E-state index in [1.54, 1.807) is 6.07 Å². The SMILES string of the molecule is CCCNc1cccc(N2CC3CCC(C2)O3)c1[N+](=O)[O-]. The van der Waals surface area contributed by atoms with Gasteiger partial charge < -0.3 is 15.0 Å². The zero-order chi connectivity index (χ0) is 14.8. The highest BCUT2D eigenvalue weighted by Crippen LogP contribution is 2.38. The van der Waals surface area contributed by atoms with Crippen LogP contribution in [0.1, 0.15) is 26.2 Å². The minimum absolute atomic E-state index is 0.187. The molecule has 6 nitrogen and oxygen atoms in total. The molecule has 3 rings (SSSR count). The summed E-state index contributed by atoms with van der Waals surface area (Å²) in [6, 6.07) is 5.52. The summed E-state index contributed by atoms with van der Waals surface area (Å²) in [6.45, 7) is 4.27. The van der Waals surface area contributed by atoms with Crippen molar-refractivity contribution >= 4 is 17.1 Å². The van der Waals surface area contributed by atoms with Crippen LogP contribution in [0.3, 0.4) is 0 Å². The number of nitrogens with one attached hydrogen (secondary N) is 1. The Morgan fingerprint density at radius 3 is 2.71 bits per heavy atom. The average molecular weight is 291 g/mol. The van der Waals surface area contributed by atoms with Crippen LogP contribution in [-0.2, 0) is 4.74 Å². The van der Waals surface area contributed by atoms with E-state index in [1.807, 2.05) is 19.1 Å². The van der Waals surface area contributed by atoms with Crippen LogP contribution in [0.25, 0.3) is 0 Å². The molecule has 2 bridgehead atoms. The number of nitro groups is 1. The molecular weight excluding hydrogens is 270 g/mol. The Morgan fingerprint density at radius 1 is 1.38 bits per heavy atom. The van der Waals surface area contributed by atoms with E-state index >= 15 is 0 Å². The van der Waals surface area contributed by atoms with E-state index in [4.69, 9.17) is 4.74 Å². The zero-order valence-corrected chi connectivity index (χ0v) is 12.2. The molecule has 2 unspecified atom stereocenters. The molecule has 0 amide bonds. The van der Waals surface area contributed by atoms with Crippen LogP contribution in [0.4, 0.5) is 17.1 Å². The van der Waals surface area contributed by atoms with Crippen LogP contribution in [0.5, 0.6) is 0 Å². The Hall–Kier alpha value is -1.82. The van der Waals surface area contributed by atoms with Crippen molar-refractivity contribution in [3.63, 3.8) is 0 Å². The van der Waals surface area contributed by atoms with Gasteiger partial charge in [0.05, 0.1) is 17.1 Å². The Balaban J connectivity index is 1.91. The number of ether oxygens (including phenoxy) is 1. The molecule has 0 spiro atoms. The van der Waals surface area contributed by atoms with Crippen molar-refractivity contribution in [1.82, 2.24) is 0 Å². The highest BCUT2D eigenvalue weighted by atomic mass is 16.6. The molecule has 114 valence electrons. The predicted molar refractivity (Wildman–Crippen MR) is 82.0 cm³/mol. The number of rotatable bonds is 5. The molecule has 2 atom stereocenters. The fourth-order valence-electron chi connectivity index (χ4n) is 3.19. The summed E-state index contributed by atoms with van der Waals surface area (Å²) in [5.41, 5.74) is 1.51. The summed E-state index contributed by atoms with van der Waals surface area (Å²) < 4.78 is 5.82. The highest BCUT2D eigenvalue weighted by molar-refractivity contribution is 5.77. The lowest BCUT2D eigenvalue weighted by atomic mass is 10.1. The predicted octanol–water partition coefficient (Wildman–Crippen LogP) is 2.78. The van der Waals surface area contributed by atoms with Crippen molar-refractivity contribution in [3.8, 4) is 0 Å². The Labute approximate surface area is 124 Å². The lowest BCUT2D eigenvalue weighted by Gasteiger charge is -2.33. The number of para-hydroxylation sites is 1. The number of hydrogen-bond acceptors (Lipinski definition) is 5. The summed E-state index contributed by atoms with van der Waals surface area (Å²) in [5, 5.41) is 14.7. The average Bonchev–Trinajstić information content (AvgIpc) is 2.82. The van der Waals surface area contributed by atoms with Gasteiger partial charge in [0.1, 0.15) is 11.4 Å². The van der Waals surface area contributed by atoms with Gasteiger partial charge in [-0.05, 0) is 31.4 Å². The van der Waals surface area contributed by atoms with Gasteiger partial charge in [-0.1, -0.05) is 13.0 Å². The standard InChI is InChI=1S/C15H21N3O3/c1-2-8-16-13-4-3-5-14(15(13)18(19)20)17-9-11-6-7-12(10-17)21-11/h3-5,11-12,16H,2,6-10H2,1H3. The molecule has 1 N–H and O–H groups in total. The van der Waals surface area contributed by atoms with Crippen LogP contribution in [-0.4, -0.2) is 36.8 Å². The van der Waals surface area contributed by atoms with Crippen molar-refractivity contribution in [3.05, 3.63) is 28.3 Å². The number of benzene rings is 1. The number of morpholine rings is 1. The molecule has 2 aliphatic heterocycles. The molecule has 1 aromatic carbocycles. The van der Waals surface area contributed by atoms with E-state index < -0.39 is 0 Å². The fraction of sp³-hybridized carbons (Fsp3) is 0.600. The molecule has 0 radical (unpaired) electrons. The summed E-state index contributed by atoms with van der Waals surface area (Å²) >= 11 is 0. The molecule has 21 heavy (non-hydrogen) atoms. The van der Waals surface area contributed by atoms with Gasteiger partial charge in [0.2, 0.25) is 0 Å². The van der Waals surface area contributed by atoms with Crippen LogP contribution in [0.2, 0.25) is 0 Å². The molecule has 2 saturated heterocycles. The van der Waals surface area contributed by atoms with E-state index in [0.29, 0.717) is 11.4 Å². The number of nitro benzene ring substituents is 1. The minimum Gasteiger partial charge on any atom is -0.379 e. The van der Waals surface area contributed by atoms with Gasteiger partial charge in [0.25, 0.3) is 0 Å². The first-order valence-electron chi connectivity index (χ1n) is 7.60. The molecule has 2 heterocycles. The molecule has 6 heteroatoms. The monoisotopic (exact) mass is 291 g/mol. The molecule has 1 aromatic rings. The van der Waals surface area contributed by atoms with Gasteiger partial charge in [-0.2, -0.15) is 0 Å². The maximum atomic E-state index is 11.5. The Bertz CT molecular complexity index is 523. The fourth-order valence-corrected chi connectivity index (χ4v) is 3.19. The lowest BCUT2D eigenvalue weighted by molar-refractivity contribution is -0.383. The second-order valence-corrected chi connectivity index (χ2v) is 5.72. The number of anilines is 2. The van der Waals surface area contributed by atoms with Gasteiger partial charge in [0.15, 0.2) is 0 Å². The Kier molecular flexibility index (Phi) is 3.96. The summed E-state index contributed by atoms with van der Waals surface area (Å²) in [4.78, 5) is 13.4. The van der Waals surface area contributed by atoms with Gasteiger partial charge in [-0.25, -0.2) is 0 Å². The van der Waals surface area contributed by atoms with Gasteiger partial charge in [-0.15, -0.1) is 0 Å². The third-order valence-electron chi connectivity index (χ3n) is 4.15. The molecule has 0 aromatic heterocycles. The maximum absolute atomic E-state index is 11.5. The second-order valence-electron chi connectivity index (χ2n) is 5.72. The largest absolute Gasteiger partial charge is 0.379 e. The van der Waals surface area contributed by atoms with E-state index in [1.165, 1.54) is 0 Å². The van der Waals surface area contributed by atoms with Crippen LogP contribution in [0, 0.1) is 10.1 Å². The lowest BCUT2D eigenvalue weighted by Crippen LogP contribution is -2.42. The van der Waals surface area contributed by atoms with Crippen molar-refractivity contribution in [2.75, 3.05) is 29.9 Å². The molecule has 0 aliphatic carbocycles. The summed E-state index contributed by atoms with van der Waals surface area (Å²) in [5.74, 6) is 0. The van der Waals surface area contributed by atoms with Crippen molar-refractivity contribution in [2.45, 2.75) is 38.4 Å². The van der Waals surface area contributed by atoms with E-state index in [0.717, 1.165) is 38.9 Å². The smallest absolute Gasteiger partial charge is 0.315 e. The summed E-state index contributed by atoms with van der Waals surface area (Å²) in [7, 11) is 0. The molecule has 2 aliphatic rings. The first kappa shape index (κ1) is 14.1. The maximum Gasteiger partial charge on any atom is 0.315 e. The van der Waals surface area contributed by atoms with Gasteiger partial charge in [0, 0.05) is 19.6 Å². The quantitative estimate of drug-likeness (QED) is 0.667. The van der Waals surface area contributed by atoms with E-state index in [9.17, 15) is 10.1 Å². The molecule has 2 fully saturated rings. The van der Waals surface area contributed by atoms with Crippen LogP contribution < -0.4 is 10.2 Å². The van der Waals surface area contributed by atoms with Crippen LogP contribution >= 0.6 is 0 Å². The van der Waals surface area contributed by atoms with Crippen molar-refractivity contribution < 1.29 is 9.66 Å².